The molecule has 2 N–H and O–H groups in total. The van der Waals surface area contributed by atoms with Gasteiger partial charge in [0.25, 0.3) is 0 Å². The maximum absolute atomic E-state index is 12.5. The third kappa shape index (κ3) is 7.34. The van der Waals surface area contributed by atoms with E-state index in [9.17, 15) is 14.7 Å². The van der Waals surface area contributed by atoms with E-state index in [1.165, 1.54) is 0 Å². The van der Waals surface area contributed by atoms with Gasteiger partial charge in [0.1, 0.15) is 5.60 Å². The number of hydrogen-bond donors (Lipinski definition) is 2. The molecule has 0 spiro atoms. The third-order valence-electron chi connectivity index (χ3n) is 5.04. The highest BCUT2D eigenvalue weighted by Gasteiger charge is 2.27. The van der Waals surface area contributed by atoms with Gasteiger partial charge in [-0.15, -0.1) is 0 Å². The molecule has 2 atom stereocenters. The summed E-state index contributed by atoms with van der Waals surface area (Å²) in [6.45, 7) is 9.83. The number of carboxylic acid groups (broad SMARTS) is 1. The molecule has 2 aromatic carbocycles. The Morgan fingerprint density at radius 2 is 1.80 bits per heavy atom. The quantitative estimate of drug-likeness (QED) is 0.564. The number of rotatable bonds is 9. The lowest BCUT2D eigenvalue weighted by atomic mass is 10.0. The molecule has 0 aromatic heterocycles. The fourth-order valence-electron chi connectivity index (χ4n) is 3.39. The van der Waals surface area contributed by atoms with Crippen LogP contribution in [0, 0.1) is 5.92 Å². The molecule has 30 heavy (non-hydrogen) atoms. The van der Waals surface area contributed by atoms with E-state index >= 15 is 0 Å². The largest absolute Gasteiger partial charge is 0.480 e. The Labute approximate surface area is 179 Å². The Kier molecular flexibility index (Phi) is 8.24. The second kappa shape index (κ2) is 10.4. The topological polar surface area (TPSA) is 78.9 Å². The first-order valence-corrected chi connectivity index (χ1v) is 10.5. The molecule has 2 rings (SSSR count). The van der Waals surface area contributed by atoms with Crippen molar-refractivity contribution in [3.63, 3.8) is 0 Å². The second-order valence-electron chi connectivity index (χ2n) is 8.85. The summed E-state index contributed by atoms with van der Waals surface area (Å²) in [5, 5.41) is 14.6. The maximum Gasteiger partial charge on any atom is 0.408 e. The summed E-state index contributed by atoms with van der Waals surface area (Å²) >= 11 is 0. The number of nitrogens with zero attached hydrogens (tertiary/aromatic N) is 1. The van der Waals surface area contributed by atoms with Gasteiger partial charge >= 0.3 is 12.1 Å². The van der Waals surface area contributed by atoms with E-state index in [0.717, 1.165) is 22.8 Å². The van der Waals surface area contributed by atoms with Gasteiger partial charge in [-0.05, 0) is 49.4 Å². The third-order valence-corrected chi connectivity index (χ3v) is 5.04. The highest BCUT2D eigenvalue weighted by molar-refractivity contribution is 5.85. The van der Waals surface area contributed by atoms with Crippen LogP contribution in [0.15, 0.2) is 42.5 Å². The van der Waals surface area contributed by atoms with Gasteiger partial charge in [-0.1, -0.05) is 62.7 Å². The van der Waals surface area contributed by atoms with E-state index in [-0.39, 0.29) is 6.54 Å². The van der Waals surface area contributed by atoms with Crippen LogP contribution in [0.3, 0.4) is 0 Å². The van der Waals surface area contributed by atoms with E-state index in [0.29, 0.717) is 18.9 Å². The van der Waals surface area contributed by atoms with Crippen LogP contribution in [0.5, 0.6) is 0 Å². The van der Waals surface area contributed by atoms with Gasteiger partial charge in [0, 0.05) is 6.54 Å². The molecule has 0 saturated heterocycles. The first kappa shape index (κ1) is 23.7. The Morgan fingerprint density at radius 3 is 2.43 bits per heavy atom. The SMILES string of the molecule is CC[C@H](C)CC(NC(=O)OC(C)(C)C)N(CC(=O)O)Cc1cccc2ccccc12. The Morgan fingerprint density at radius 1 is 1.13 bits per heavy atom. The monoisotopic (exact) mass is 414 g/mol. The Hall–Kier alpha value is -2.60. The van der Waals surface area contributed by atoms with Crippen molar-refractivity contribution >= 4 is 22.8 Å². The van der Waals surface area contributed by atoms with Crippen LogP contribution in [0.1, 0.15) is 53.0 Å². The van der Waals surface area contributed by atoms with Gasteiger partial charge in [0.2, 0.25) is 0 Å². The predicted molar refractivity (Wildman–Crippen MR) is 119 cm³/mol. The first-order chi connectivity index (χ1) is 14.1. The molecule has 6 nitrogen and oxygen atoms in total. The van der Waals surface area contributed by atoms with Crippen LogP contribution >= 0.6 is 0 Å². The van der Waals surface area contributed by atoms with Crippen molar-refractivity contribution in [1.82, 2.24) is 10.2 Å². The van der Waals surface area contributed by atoms with Gasteiger partial charge < -0.3 is 15.2 Å². The Balaban J connectivity index is 2.33. The molecule has 164 valence electrons. The highest BCUT2D eigenvalue weighted by Crippen LogP contribution is 2.22. The lowest BCUT2D eigenvalue weighted by molar-refractivity contribution is -0.139. The number of benzene rings is 2. The molecule has 1 unspecified atom stereocenters. The summed E-state index contributed by atoms with van der Waals surface area (Å²) in [6, 6.07) is 14.0. The lowest BCUT2D eigenvalue weighted by Gasteiger charge is -2.33. The number of alkyl carbamates (subject to hydrolysis) is 1. The average Bonchev–Trinajstić information content (AvgIpc) is 2.65. The molecule has 0 radical (unpaired) electrons. The molecule has 6 heteroatoms. The molecule has 0 fully saturated rings. The van der Waals surface area contributed by atoms with Gasteiger partial charge in [0.05, 0.1) is 12.7 Å². The zero-order chi connectivity index (χ0) is 22.3. The summed E-state index contributed by atoms with van der Waals surface area (Å²) < 4.78 is 5.43. The maximum atomic E-state index is 12.5. The molecule has 0 aliphatic rings. The van der Waals surface area contributed by atoms with Crippen LogP contribution < -0.4 is 5.32 Å². The van der Waals surface area contributed by atoms with Crippen molar-refractivity contribution in [3.8, 4) is 0 Å². The van der Waals surface area contributed by atoms with Crippen LogP contribution in [-0.2, 0) is 16.1 Å². The number of carbonyl (C=O) groups excluding carboxylic acids is 1. The number of hydrogen-bond acceptors (Lipinski definition) is 4. The van der Waals surface area contributed by atoms with Crippen LogP contribution in [-0.4, -0.2) is 40.4 Å². The molecule has 2 aromatic rings. The summed E-state index contributed by atoms with van der Waals surface area (Å²) in [7, 11) is 0. The summed E-state index contributed by atoms with van der Waals surface area (Å²) in [6.07, 6.45) is 0.573. The molecular weight excluding hydrogens is 380 g/mol. The second-order valence-corrected chi connectivity index (χ2v) is 8.85. The van der Waals surface area contributed by atoms with E-state index in [4.69, 9.17) is 4.74 Å². The minimum absolute atomic E-state index is 0.180. The summed E-state index contributed by atoms with van der Waals surface area (Å²) in [5.74, 6) is -0.621. The Bertz CT molecular complexity index is 854. The standard InChI is InChI=1S/C24H34N2O4/c1-6-17(2)14-21(25-23(29)30-24(3,4)5)26(16-22(27)28)15-19-12-9-11-18-10-7-8-13-20(18)19/h7-13,17,21H,6,14-16H2,1-5H3,(H,25,29)(H,27,28)/t17-,21?/m0/s1. The van der Waals surface area contributed by atoms with E-state index in [2.05, 4.69) is 19.2 Å². The van der Waals surface area contributed by atoms with Gasteiger partial charge in [-0.3, -0.25) is 9.69 Å². The number of carboxylic acids is 1. The van der Waals surface area contributed by atoms with E-state index < -0.39 is 23.8 Å². The van der Waals surface area contributed by atoms with Crippen molar-refractivity contribution in [1.29, 1.82) is 0 Å². The van der Waals surface area contributed by atoms with Crippen molar-refractivity contribution < 1.29 is 19.4 Å². The number of nitrogens with one attached hydrogen (secondary N) is 1. The number of fused-ring (bicyclic) bond motifs is 1. The van der Waals surface area contributed by atoms with Gasteiger partial charge in [0.15, 0.2) is 0 Å². The fourth-order valence-corrected chi connectivity index (χ4v) is 3.39. The predicted octanol–water partition coefficient (Wildman–Crippen LogP) is 5.01. The smallest absolute Gasteiger partial charge is 0.408 e. The number of carbonyl (C=O) groups is 2. The zero-order valence-electron chi connectivity index (χ0n) is 18.6. The normalized spacial score (nSPS) is 13.8. The van der Waals surface area contributed by atoms with Crippen LogP contribution in [0.4, 0.5) is 4.79 Å². The highest BCUT2D eigenvalue weighted by atomic mass is 16.6. The molecule has 0 aliphatic heterocycles. The number of aliphatic carboxylic acids is 1. The molecule has 1 amide bonds. The number of amides is 1. The van der Waals surface area contributed by atoms with Crippen LogP contribution in [0.25, 0.3) is 10.8 Å². The first-order valence-electron chi connectivity index (χ1n) is 10.5. The number of ether oxygens (including phenoxy) is 1. The van der Waals surface area contributed by atoms with Crippen molar-refractivity contribution in [3.05, 3.63) is 48.0 Å². The summed E-state index contributed by atoms with van der Waals surface area (Å²) in [5.41, 5.74) is 0.396. The van der Waals surface area contributed by atoms with E-state index in [1.54, 1.807) is 25.7 Å². The zero-order valence-corrected chi connectivity index (χ0v) is 18.6. The molecule has 0 saturated carbocycles. The fraction of sp³-hybridized carbons (Fsp3) is 0.500. The molecule has 0 aliphatic carbocycles. The molecular formula is C24H34N2O4. The minimum atomic E-state index is -0.935. The van der Waals surface area contributed by atoms with Crippen molar-refractivity contribution in [2.24, 2.45) is 5.92 Å². The minimum Gasteiger partial charge on any atom is -0.480 e. The summed E-state index contributed by atoms with van der Waals surface area (Å²) in [4.78, 5) is 25.9. The average molecular weight is 415 g/mol. The van der Waals surface area contributed by atoms with Crippen molar-refractivity contribution in [2.45, 2.75) is 65.8 Å². The molecule has 0 heterocycles. The van der Waals surface area contributed by atoms with Gasteiger partial charge in [-0.25, -0.2) is 4.79 Å². The lowest BCUT2D eigenvalue weighted by Crippen LogP contribution is -2.51. The van der Waals surface area contributed by atoms with Crippen molar-refractivity contribution in [2.75, 3.05) is 6.54 Å². The van der Waals surface area contributed by atoms with Gasteiger partial charge in [-0.2, -0.15) is 0 Å². The molecule has 0 bridgehead atoms. The van der Waals surface area contributed by atoms with Crippen LogP contribution in [0.2, 0.25) is 0 Å². The van der Waals surface area contributed by atoms with E-state index in [1.807, 2.05) is 42.5 Å².